The van der Waals surface area contributed by atoms with E-state index in [9.17, 15) is 4.79 Å². The number of aryl methyl sites for hydroxylation is 3. The third-order valence-corrected chi connectivity index (χ3v) is 5.33. The molecule has 2 heterocycles. The van der Waals surface area contributed by atoms with Gasteiger partial charge in [-0.05, 0) is 68.7 Å². The Kier molecular flexibility index (Phi) is 6.40. The lowest BCUT2D eigenvalue weighted by Crippen LogP contribution is -2.22. The van der Waals surface area contributed by atoms with Crippen molar-refractivity contribution in [2.75, 3.05) is 0 Å². The number of hydrogen-bond donors (Lipinski definition) is 1. The van der Waals surface area contributed by atoms with Crippen molar-refractivity contribution in [3.8, 4) is 17.3 Å². The number of para-hydroxylation sites is 1. The standard InChI is InChI=1S/C26H27N3O3/c1-18-8-6-10-21(16-18)29-26(32-24-12-5-4-9-19(24)2)23(20(3)28-29)13-14-25(30)27-17-22-11-7-15-31-22/h4-12,15-16H,13-14,17H2,1-3H3,(H,27,30). The van der Waals surface area contributed by atoms with Gasteiger partial charge in [0.05, 0.1) is 24.2 Å². The van der Waals surface area contributed by atoms with Crippen LogP contribution in [0.25, 0.3) is 5.69 Å². The lowest BCUT2D eigenvalue weighted by atomic mass is 10.1. The number of furan rings is 1. The van der Waals surface area contributed by atoms with Gasteiger partial charge in [0.25, 0.3) is 0 Å². The minimum absolute atomic E-state index is 0.0500. The van der Waals surface area contributed by atoms with Gasteiger partial charge in [-0.25, -0.2) is 4.68 Å². The molecule has 6 heteroatoms. The van der Waals surface area contributed by atoms with E-state index in [2.05, 4.69) is 11.4 Å². The van der Waals surface area contributed by atoms with Crippen LogP contribution in [0.3, 0.4) is 0 Å². The van der Waals surface area contributed by atoms with Gasteiger partial charge in [-0.15, -0.1) is 0 Å². The quantitative estimate of drug-likeness (QED) is 0.405. The van der Waals surface area contributed by atoms with Crippen molar-refractivity contribution in [3.05, 3.63) is 95.1 Å². The molecular weight excluding hydrogens is 402 g/mol. The number of aromatic nitrogens is 2. The molecule has 0 saturated carbocycles. The zero-order valence-corrected chi connectivity index (χ0v) is 18.6. The normalized spacial score (nSPS) is 10.8. The molecule has 2 aromatic heterocycles. The summed E-state index contributed by atoms with van der Waals surface area (Å²) in [5.74, 6) is 2.09. The minimum atomic E-state index is -0.0500. The third kappa shape index (κ3) is 4.91. The molecule has 4 rings (SSSR count). The van der Waals surface area contributed by atoms with Crippen LogP contribution in [0.1, 0.15) is 34.6 Å². The van der Waals surface area contributed by atoms with Crippen LogP contribution < -0.4 is 10.1 Å². The van der Waals surface area contributed by atoms with Gasteiger partial charge >= 0.3 is 0 Å². The van der Waals surface area contributed by atoms with E-state index in [4.69, 9.17) is 14.3 Å². The first kappa shape index (κ1) is 21.4. The second-order valence-electron chi connectivity index (χ2n) is 7.84. The van der Waals surface area contributed by atoms with E-state index in [-0.39, 0.29) is 5.91 Å². The van der Waals surface area contributed by atoms with Crippen molar-refractivity contribution in [1.82, 2.24) is 15.1 Å². The molecule has 0 bridgehead atoms. The highest BCUT2D eigenvalue weighted by Crippen LogP contribution is 2.33. The molecule has 164 valence electrons. The molecule has 0 unspecified atom stereocenters. The number of nitrogens with one attached hydrogen (secondary N) is 1. The lowest BCUT2D eigenvalue weighted by molar-refractivity contribution is -0.121. The van der Waals surface area contributed by atoms with Gasteiger partial charge in [0.2, 0.25) is 11.8 Å². The predicted molar refractivity (Wildman–Crippen MR) is 123 cm³/mol. The SMILES string of the molecule is Cc1cccc(-n2nc(C)c(CCC(=O)NCc3ccco3)c2Oc2ccccc2C)c1. The number of benzene rings is 2. The van der Waals surface area contributed by atoms with Gasteiger partial charge in [0.15, 0.2) is 0 Å². The molecule has 0 saturated heterocycles. The van der Waals surface area contributed by atoms with Crippen molar-refractivity contribution in [1.29, 1.82) is 0 Å². The summed E-state index contributed by atoms with van der Waals surface area (Å²) in [5, 5.41) is 7.66. The van der Waals surface area contributed by atoms with Crippen LogP contribution >= 0.6 is 0 Å². The van der Waals surface area contributed by atoms with Crippen LogP contribution in [-0.2, 0) is 17.8 Å². The average molecular weight is 430 g/mol. The number of rotatable bonds is 8. The highest BCUT2D eigenvalue weighted by atomic mass is 16.5. The lowest BCUT2D eigenvalue weighted by Gasteiger charge is -2.13. The van der Waals surface area contributed by atoms with Crippen molar-refractivity contribution in [3.63, 3.8) is 0 Å². The van der Waals surface area contributed by atoms with E-state index in [1.165, 1.54) is 0 Å². The van der Waals surface area contributed by atoms with Crippen LogP contribution in [0.15, 0.2) is 71.3 Å². The molecule has 0 atom stereocenters. The monoisotopic (exact) mass is 429 g/mol. The predicted octanol–water partition coefficient (Wildman–Crippen LogP) is 5.43. The van der Waals surface area contributed by atoms with Gasteiger partial charge in [-0.2, -0.15) is 5.10 Å². The summed E-state index contributed by atoms with van der Waals surface area (Å²) in [6.07, 6.45) is 2.44. The van der Waals surface area contributed by atoms with Crippen LogP contribution in [0.5, 0.6) is 11.6 Å². The molecular formula is C26H27N3O3. The number of hydrogen-bond acceptors (Lipinski definition) is 4. The molecule has 32 heavy (non-hydrogen) atoms. The number of carbonyl (C=O) groups is 1. The summed E-state index contributed by atoms with van der Waals surface area (Å²) < 4.78 is 13.5. The molecule has 1 amide bonds. The number of carbonyl (C=O) groups excluding carboxylic acids is 1. The largest absolute Gasteiger partial charge is 0.467 e. The Morgan fingerprint density at radius 2 is 1.91 bits per heavy atom. The van der Waals surface area contributed by atoms with E-state index in [0.717, 1.165) is 39.6 Å². The third-order valence-electron chi connectivity index (χ3n) is 5.33. The Hall–Kier alpha value is -3.80. The maximum Gasteiger partial charge on any atom is 0.226 e. The summed E-state index contributed by atoms with van der Waals surface area (Å²) in [7, 11) is 0. The summed E-state index contributed by atoms with van der Waals surface area (Å²) in [4.78, 5) is 12.4. The second-order valence-corrected chi connectivity index (χ2v) is 7.84. The summed E-state index contributed by atoms with van der Waals surface area (Å²) in [6, 6.07) is 19.6. The van der Waals surface area contributed by atoms with Crippen molar-refractivity contribution in [2.24, 2.45) is 0 Å². The Labute approximate surface area is 187 Å². The molecule has 1 N–H and O–H groups in total. The van der Waals surface area contributed by atoms with Crippen LogP contribution in [0.2, 0.25) is 0 Å². The van der Waals surface area contributed by atoms with Crippen molar-refractivity contribution < 1.29 is 13.9 Å². The summed E-state index contributed by atoms with van der Waals surface area (Å²) in [5.41, 5.74) is 4.85. The smallest absolute Gasteiger partial charge is 0.226 e. The van der Waals surface area contributed by atoms with E-state index >= 15 is 0 Å². The highest BCUT2D eigenvalue weighted by molar-refractivity contribution is 5.76. The molecule has 0 spiro atoms. The zero-order valence-electron chi connectivity index (χ0n) is 18.6. The first-order chi connectivity index (χ1) is 15.5. The molecule has 0 aliphatic heterocycles. The molecule has 2 aromatic carbocycles. The van der Waals surface area contributed by atoms with Gasteiger partial charge in [0.1, 0.15) is 11.5 Å². The molecule has 6 nitrogen and oxygen atoms in total. The Balaban J connectivity index is 1.60. The number of nitrogens with zero attached hydrogens (tertiary/aromatic N) is 2. The fourth-order valence-corrected chi connectivity index (χ4v) is 3.57. The average Bonchev–Trinajstić information content (AvgIpc) is 3.40. The fourth-order valence-electron chi connectivity index (χ4n) is 3.57. The molecule has 0 aliphatic carbocycles. The maximum atomic E-state index is 12.4. The zero-order chi connectivity index (χ0) is 22.5. The molecule has 0 aliphatic rings. The van der Waals surface area contributed by atoms with Gasteiger partial charge in [0, 0.05) is 12.0 Å². The summed E-state index contributed by atoms with van der Waals surface area (Å²) in [6.45, 7) is 6.39. The van der Waals surface area contributed by atoms with Gasteiger partial charge < -0.3 is 14.5 Å². The van der Waals surface area contributed by atoms with Crippen LogP contribution in [-0.4, -0.2) is 15.7 Å². The Morgan fingerprint density at radius 1 is 1.06 bits per heavy atom. The Bertz CT molecular complexity index is 1210. The van der Waals surface area contributed by atoms with Gasteiger partial charge in [-0.1, -0.05) is 30.3 Å². The Morgan fingerprint density at radius 3 is 2.66 bits per heavy atom. The number of amides is 1. The van der Waals surface area contributed by atoms with E-state index in [1.54, 1.807) is 12.3 Å². The minimum Gasteiger partial charge on any atom is -0.467 e. The van der Waals surface area contributed by atoms with Gasteiger partial charge in [-0.3, -0.25) is 4.79 Å². The maximum absolute atomic E-state index is 12.4. The summed E-state index contributed by atoms with van der Waals surface area (Å²) >= 11 is 0. The topological polar surface area (TPSA) is 69.3 Å². The highest BCUT2D eigenvalue weighted by Gasteiger charge is 2.20. The van der Waals surface area contributed by atoms with Crippen molar-refractivity contribution in [2.45, 2.75) is 40.2 Å². The van der Waals surface area contributed by atoms with E-state index in [0.29, 0.717) is 25.3 Å². The number of ether oxygens (including phenoxy) is 1. The van der Waals surface area contributed by atoms with Crippen LogP contribution in [0, 0.1) is 20.8 Å². The molecule has 0 radical (unpaired) electrons. The van der Waals surface area contributed by atoms with Crippen LogP contribution in [0.4, 0.5) is 0 Å². The first-order valence-corrected chi connectivity index (χ1v) is 10.7. The molecule has 0 fully saturated rings. The second kappa shape index (κ2) is 9.56. The molecule has 4 aromatic rings. The fraction of sp³-hybridized carbons (Fsp3) is 0.231. The van der Waals surface area contributed by atoms with E-state index in [1.807, 2.05) is 74.0 Å². The first-order valence-electron chi connectivity index (χ1n) is 10.7. The van der Waals surface area contributed by atoms with Crippen molar-refractivity contribution >= 4 is 5.91 Å². The van der Waals surface area contributed by atoms with E-state index < -0.39 is 0 Å².